The summed E-state index contributed by atoms with van der Waals surface area (Å²) in [5.74, 6) is -0.200. The average molecular weight is 278 g/mol. The van der Waals surface area contributed by atoms with E-state index in [2.05, 4.69) is 5.32 Å². The molecule has 0 aliphatic heterocycles. The van der Waals surface area contributed by atoms with Crippen LogP contribution in [-0.2, 0) is 6.42 Å². The minimum Gasteiger partial charge on any atom is -0.313 e. The lowest BCUT2D eigenvalue weighted by Gasteiger charge is -2.18. The maximum atomic E-state index is 13.5. The molecule has 2 aromatic carbocycles. The van der Waals surface area contributed by atoms with Crippen LogP contribution >= 0.6 is 11.6 Å². The molecule has 0 aromatic heterocycles. The number of rotatable bonds is 4. The lowest BCUT2D eigenvalue weighted by molar-refractivity contribution is 0.576. The molecule has 1 N–H and O–H groups in total. The molecule has 0 amide bonds. The second-order valence-electron chi connectivity index (χ2n) is 4.70. The van der Waals surface area contributed by atoms with Crippen LogP contribution in [0.5, 0.6) is 0 Å². The Kier molecular flexibility index (Phi) is 4.56. The number of benzene rings is 2. The maximum Gasteiger partial charge on any atom is 0.123 e. The number of nitrogens with one attached hydrogen (secondary N) is 1. The van der Waals surface area contributed by atoms with Crippen molar-refractivity contribution in [1.29, 1.82) is 0 Å². The zero-order valence-electron chi connectivity index (χ0n) is 11.1. The van der Waals surface area contributed by atoms with E-state index in [4.69, 9.17) is 11.6 Å². The van der Waals surface area contributed by atoms with Gasteiger partial charge >= 0.3 is 0 Å². The van der Waals surface area contributed by atoms with Gasteiger partial charge < -0.3 is 5.32 Å². The van der Waals surface area contributed by atoms with Gasteiger partial charge in [0.25, 0.3) is 0 Å². The van der Waals surface area contributed by atoms with Crippen LogP contribution < -0.4 is 5.32 Å². The normalized spacial score (nSPS) is 12.4. The SMILES string of the molecule is CNC(Cc1ccccc1Cl)c1cc(C)cc(F)c1. The van der Waals surface area contributed by atoms with Crippen LogP contribution in [0.25, 0.3) is 0 Å². The van der Waals surface area contributed by atoms with Crippen LogP contribution in [0.15, 0.2) is 42.5 Å². The third-order valence-electron chi connectivity index (χ3n) is 3.20. The van der Waals surface area contributed by atoms with Crippen LogP contribution in [0.2, 0.25) is 5.02 Å². The standard InChI is InChI=1S/C16H17ClFN/c1-11-7-13(9-14(18)8-11)16(19-2)10-12-5-3-4-6-15(12)17/h3-9,16,19H,10H2,1-2H3. The topological polar surface area (TPSA) is 12.0 Å². The highest BCUT2D eigenvalue weighted by Gasteiger charge is 2.13. The minimum absolute atomic E-state index is 0.0503. The molecule has 0 fully saturated rings. The molecule has 0 radical (unpaired) electrons. The van der Waals surface area contributed by atoms with Gasteiger partial charge in [0.2, 0.25) is 0 Å². The highest BCUT2D eigenvalue weighted by atomic mass is 35.5. The Labute approximate surface area is 118 Å². The molecule has 1 atom stereocenters. The molecule has 2 rings (SSSR count). The Morgan fingerprint density at radius 1 is 1.21 bits per heavy atom. The number of halogens is 2. The summed E-state index contributed by atoms with van der Waals surface area (Å²) in [5, 5.41) is 3.97. The van der Waals surface area contributed by atoms with Crippen LogP contribution in [-0.4, -0.2) is 7.05 Å². The number of hydrogen-bond acceptors (Lipinski definition) is 1. The number of likely N-dealkylation sites (N-methyl/N-ethyl adjacent to an activating group) is 1. The Bertz CT molecular complexity index is 548. The predicted octanol–water partition coefficient (Wildman–Crippen LogP) is 4.29. The van der Waals surface area contributed by atoms with Gasteiger partial charge in [-0.15, -0.1) is 0 Å². The second kappa shape index (κ2) is 6.18. The van der Waals surface area contributed by atoms with Crippen molar-refractivity contribution in [2.24, 2.45) is 0 Å². The van der Waals surface area contributed by atoms with Crippen LogP contribution in [0.1, 0.15) is 22.7 Å². The first-order chi connectivity index (χ1) is 9.10. The van der Waals surface area contributed by atoms with Gasteiger partial charge in [0.15, 0.2) is 0 Å². The predicted molar refractivity (Wildman–Crippen MR) is 78.1 cm³/mol. The Balaban J connectivity index is 2.28. The molecule has 100 valence electrons. The fourth-order valence-corrected chi connectivity index (χ4v) is 2.45. The summed E-state index contributed by atoms with van der Waals surface area (Å²) in [4.78, 5) is 0. The summed E-state index contributed by atoms with van der Waals surface area (Å²) in [6.07, 6.45) is 0.735. The first kappa shape index (κ1) is 14.0. The Morgan fingerprint density at radius 3 is 2.58 bits per heavy atom. The molecular formula is C16H17ClFN. The average Bonchev–Trinajstić information content (AvgIpc) is 2.36. The van der Waals surface area contributed by atoms with E-state index in [1.807, 2.05) is 44.3 Å². The lowest BCUT2D eigenvalue weighted by atomic mass is 9.97. The highest BCUT2D eigenvalue weighted by molar-refractivity contribution is 6.31. The summed E-state index contributed by atoms with van der Waals surface area (Å²) < 4.78 is 13.5. The van der Waals surface area contributed by atoms with Gasteiger partial charge in [-0.1, -0.05) is 35.9 Å². The molecule has 1 nitrogen and oxygen atoms in total. The molecule has 19 heavy (non-hydrogen) atoms. The fourth-order valence-electron chi connectivity index (χ4n) is 2.24. The summed E-state index contributed by atoms with van der Waals surface area (Å²) in [6, 6.07) is 12.9. The van der Waals surface area contributed by atoms with Crippen LogP contribution in [0.3, 0.4) is 0 Å². The molecule has 0 spiro atoms. The van der Waals surface area contributed by atoms with Gasteiger partial charge in [0, 0.05) is 11.1 Å². The van der Waals surface area contributed by atoms with Gasteiger partial charge in [-0.25, -0.2) is 4.39 Å². The monoisotopic (exact) mass is 277 g/mol. The van der Waals surface area contributed by atoms with E-state index in [9.17, 15) is 4.39 Å². The Morgan fingerprint density at radius 2 is 1.95 bits per heavy atom. The lowest BCUT2D eigenvalue weighted by Crippen LogP contribution is -2.19. The fraction of sp³-hybridized carbons (Fsp3) is 0.250. The van der Waals surface area contributed by atoms with Crippen molar-refractivity contribution in [2.45, 2.75) is 19.4 Å². The van der Waals surface area contributed by atoms with E-state index < -0.39 is 0 Å². The summed E-state index contributed by atoms with van der Waals surface area (Å²) in [7, 11) is 1.88. The molecule has 0 heterocycles. The third-order valence-corrected chi connectivity index (χ3v) is 3.57. The van der Waals surface area contributed by atoms with Gasteiger partial charge in [-0.3, -0.25) is 0 Å². The van der Waals surface area contributed by atoms with Gasteiger partial charge in [0.05, 0.1) is 0 Å². The van der Waals surface area contributed by atoms with Crippen LogP contribution in [0.4, 0.5) is 4.39 Å². The van der Waals surface area contributed by atoms with Crippen molar-refractivity contribution in [3.05, 3.63) is 70.0 Å². The summed E-state index contributed by atoms with van der Waals surface area (Å²) >= 11 is 6.17. The van der Waals surface area contributed by atoms with E-state index in [-0.39, 0.29) is 11.9 Å². The molecule has 0 aliphatic carbocycles. The van der Waals surface area contributed by atoms with Gasteiger partial charge in [-0.05, 0) is 55.3 Å². The van der Waals surface area contributed by atoms with E-state index in [0.717, 1.165) is 28.1 Å². The van der Waals surface area contributed by atoms with Crippen molar-refractivity contribution in [3.63, 3.8) is 0 Å². The van der Waals surface area contributed by atoms with Crippen LogP contribution in [0, 0.1) is 12.7 Å². The minimum atomic E-state index is -0.200. The third kappa shape index (κ3) is 3.55. The smallest absolute Gasteiger partial charge is 0.123 e. The molecule has 0 saturated heterocycles. The van der Waals surface area contributed by atoms with E-state index in [1.165, 1.54) is 6.07 Å². The first-order valence-electron chi connectivity index (χ1n) is 6.28. The highest BCUT2D eigenvalue weighted by Crippen LogP contribution is 2.24. The quantitative estimate of drug-likeness (QED) is 0.879. The zero-order valence-corrected chi connectivity index (χ0v) is 11.8. The molecule has 0 aliphatic rings. The summed E-state index contributed by atoms with van der Waals surface area (Å²) in [6.45, 7) is 1.90. The molecule has 3 heteroatoms. The second-order valence-corrected chi connectivity index (χ2v) is 5.11. The van der Waals surface area contributed by atoms with E-state index in [0.29, 0.717) is 0 Å². The Hall–Kier alpha value is -1.38. The van der Waals surface area contributed by atoms with Gasteiger partial charge in [-0.2, -0.15) is 0 Å². The van der Waals surface area contributed by atoms with Gasteiger partial charge in [0.1, 0.15) is 5.82 Å². The number of hydrogen-bond donors (Lipinski definition) is 1. The van der Waals surface area contributed by atoms with E-state index >= 15 is 0 Å². The van der Waals surface area contributed by atoms with Crippen molar-refractivity contribution in [1.82, 2.24) is 5.32 Å². The molecular weight excluding hydrogens is 261 g/mol. The van der Waals surface area contributed by atoms with Crippen molar-refractivity contribution in [2.75, 3.05) is 7.05 Å². The van der Waals surface area contributed by atoms with Crippen molar-refractivity contribution < 1.29 is 4.39 Å². The molecule has 2 aromatic rings. The largest absolute Gasteiger partial charge is 0.313 e. The van der Waals surface area contributed by atoms with E-state index in [1.54, 1.807) is 6.07 Å². The van der Waals surface area contributed by atoms with Crippen molar-refractivity contribution in [3.8, 4) is 0 Å². The molecule has 0 saturated carbocycles. The zero-order chi connectivity index (χ0) is 13.8. The number of aryl methyl sites for hydroxylation is 1. The summed E-state index contributed by atoms with van der Waals surface area (Å²) in [5.41, 5.74) is 2.93. The maximum absolute atomic E-state index is 13.5. The van der Waals surface area contributed by atoms with Crippen molar-refractivity contribution >= 4 is 11.6 Å². The molecule has 0 bridgehead atoms. The molecule has 1 unspecified atom stereocenters. The first-order valence-corrected chi connectivity index (χ1v) is 6.65.